The molecule has 162 valence electrons. The Hall–Kier alpha value is -2.62. The minimum Gasteiger partial charge on any atom is -0.352 e. The molecule has 0 aliphatic carbocycles. The first-order chi connectivity index (χ1) is 14.3. The van der Waals surface area contributed by atoms with Crippen molar-refractivity contribution in [2.75, 3.05) is 6.54 Å². The Kier molecular flexibility index (Phi) is 9.10. The van der Waals surface area contributed by atoms with Crippen LogP contribution >= 0.6 is 0 Å². The van der Waals surface area contributed by atoms with Gasteiger partial charge in [0.05, 0.1) is 6.42 Å². The van der Waals surface area contributed by atoms with Crippen molar-refractivity contribution in [1.29, 1.82) is 0 Å². The molecule has 0 aromatic heterocycles. The summed E-state index contributed by atoms with van der Waals surface area (Å²) in [5.41, 5.74) is 4.44. The van der Waals surface area contributed by atoms with E-state index in [0.717, 1.165) is 29.5 Å². The maximum atomic E-state index is 13.4. The highest BCUT2D eigenvalue weighted by atomic mass is 16.2. The second kappa shape index (κ2) is 11.5. The summed E-state index contributed by atoms with van der Waals surface area (Å²) in [5.74, 6) is -0.0555. The predicted octanol–water partition coefficient (Wildman–Crippen LogP) is 4.61. The molecule has 1 N–H and O–H groups in total. The Morgan fingerprint density at radius 1 is 1.00 bits per heavy atom. The number of rotatable bonds is 10. The van der Waals surface area contributed by atoms with E-state index in [0.29, 0.717) is 19.4 Å². The van der Waals surface area contributed by atoms with Gasteiger partial charge in [0, 0.05) is 12.6 Å². The number of aryl methyl sites for hydroxylation is 2. The monoisotopic (exact) mass is 408 g/mol. The fraction of sp³-hybridized carbons (Fsp3) is 0.462. The third-order valence-electron chi connectivity index (χ3n) is 5.72. The Labute approximate surface area is 181 Å². The number of carbonyl (C=O) groups excluding carboxylic acids is 2. The van der Waals surface area contributed by atoms with Crippen molar-refractivity contribution < 1.29 is 9.59 Å². The van der Waals surface area contributed by atoms with Gasteiger partial charge in [0.15, 0.2) is 0 Å². The van der Waals surface area contributed by atoms with Crippen LogP contribution in [0.25, 0.3) is 0 Å². The van der Waals surface area contributed by atoms with Crippen molar-refractivity contribution in [2.24, 2.45) is 0 Å². The Balaban J connectivity index is 2.24. The molecule has 0 aliphatic heterocycles. The number of amides is 2. The third-order valence-corrected chi connectivity index (χ3v) is 5.72. The normalized spacial score (nSPS) is 12.8. The summed E-state index contributed by atoms with van der Waals surface area (Å²) in [6.45, 7) is 10.6. The molecule has 4 nitrogen and oxygen atoms in total. The second-order valence-electron chi connectivity index (χ2n) is 8.17. The average Bonchev–Trinajstić information content (AvgIpc) is 2.74. The van der Waals surface area contributed by atoms with E-state index in [9.17, 15) is 9.59 Å². The summed E-state index contributed by atoms with van der Waals surface area (Å²) in [6, 6.07) is 15.9. The van der Waals surface area contributed by atoms with E-state index < -0.39 is 6.04 Å². The molecule has 0 heterocycles. The molecule has 0 bridgehead atoms. The van der Waals surface area contributed by atoms with Crippen molar-refractivity contribution >= 4 is 11.8 Å². The molecular weight excluding hydrogens is 372 g/mol. The number of hydrogen-bond acceptors (Lipinski definition) is 2. The molecule has 0 unspecified atom stereocenters. The van der Waals surface area contributed by atoms with Gasteiger partial charge in [-0.25, -0.2) is 0 Å². The molecular formula is C26H36N2O2. The van der Waals surface area contributed by atoms with Gasteiger partial charge in [0.1, 0.15) is 6.04 Å². The lowest BCUT2D eigenvalue weighted by molar-refractivity contribution is -0.140. The first kappa shape index (κ1) is 23.7. The minimum absolute atomic E-state index is 0.00535. The highest BCUT2D eigenvalue weighted by molar-refractivity contribution is 5.88. The van der Waals surface area contributed by atoms with E-state index in [-0.39, 0.29) is 17.9 Å². The van der Waals surface area contributed by atoms with E-state index in [1.165, 1.54) is 5.56 Å². The number of carbonyl (C=O) groups is 2. The lowest BCUT2D eigenvalue weighted by Gasteiger charge is -2.31. The molecule has 0 aliphatic rings. The van der Waals surface area contributed by atoms with Crippen LogP contribution < -0.4 is 5.32 Å². The van der Waals surface area contributed by atoms with Crippen molar-refractivity contribution in [3.63, 3.8) is 0 Å². The molecule has 2 aromatic rings. The molecule has 2 aromatic carbocycles. The lowest BCUT2D eigenvalue weighted by atomic mass is 10.0. The topological polar surface area (TPSA) is 49.4 Å². The smallest absolute Gasteiger partial charge is 0.243 e. The fourth-order valence-corrected chi connectivity index (χ4v) is 3.59. The lowest BCUT2D eigenvalue weighted by Crippen LogP contribution is -2.52. The van der Waals surface area contributed by atoms with Crippen molar-refractivity contribution in [2.45, 2.75) is 72.4 Å². The maximum Gasteiger partial charge on any atom is 0.243 e. The molecule has 30 heavy (non-hydrogen) atoms. The van der Waals surface area contributed by atoms with E-state index in [1.807, 2.05) is 52.8 Å². The number of nitrogens with zero attached hydrogens (tertiary/aromatic N) is 1. The summed E-state index contributed by atoms with van der Waals surface area (Å²) < 4.78 is 0. The highest BCUT2D eigenvalue weighted by Crippen LogP contribution is 2.16. The van der Waals surface area contributed by atoms with Crippen LogP contribution in [-0.2, 0) is 22.4 Å². The van der Waals surface area contributed by atoms with Gasteiger partial charge in [0.2, 0.25) is 11.8 Å². The van der Waals surface area contributed by atoms with Gasteiger partial charge in [0.25, 0.3) is 0 Å². The third kappa shape index (κ3) is 6.72. The molecule has 4 heteroatoms. The van der Waals surface area contributed by atoms with Crippen LogP contribution in [0, 0.1) is 13.8 Å². The molecule has 0 saturated carbocycles. The van der Waals surface area contributed by atoms with Crippen LogP contribution in [0.1, 0.15) is 55.9 Å². The summed E-state index contributed by atoms with van der Waals surface area (Å²) in [7, 11) is 0. The van der Waals surface area contributed by atoms with Crippen LogP contribution in [-0.4, -0.2) is 35.3 Å². The van der Waals surface area contributed by atoms with Crippen LogP contribution in [0.2, 0.25) is 0 Å². The summed E-state index contributed by atoms with van der Waals surface area (Å²) in [4.78, 5) is 28.2. The number of nitrogens with one attached hydrogen (secondary N) is 1. The predicted molar refractivity (Wildman–Crippen MR) is 123 cm³/mol. The molecule has 2 amide bonds. The summed E-state index contributed by atoms with van der Waals surface area (Å²) in [5, 5.41) is 3.07. The molecule has 2 rings (SSSR count). The van der Waals surface area contributed by atoms with E-state index >= 15 is 0 Å². The average molecular weight is 409 g/mol. The van der Waals surface area contributed by atoms with E-state index in [1.54, 1.807) is 4.90 Å². The van der Waals surface area contributed by atoms with Gasteiger partial charge >= 0.3 is 0 Å². The van der Waals surface area contributed by atoms with Gasteiger partial charge in [-0.05, 0) is 56.7 Å². The maximum absolute atomic E-state index is 13.4. The van der Waals surface area contributed by atoms with Gasteiger partial charge in [-0.15, -0.1) is 0 Å². The highest BCUT2D eigenvalue weighted by Gasteiger charge is 2.29. The zero-order valence-corrected chi connectivity index (χ0v) is 19.1. The van der Waals surface area contributed by atoms with Crippen LogP contribution in [0.4, 0.5) is 0 Å². The Morgan fingerprint density at radius 3 is 2.33 bits per heavy atom. The van der Waals surface area contributed by atoms with Crippen LogP contribution in [0.5, 0.6) is 0 Å². The first-order valence-corrected chi connectivity index (χ1v) is 11.1. The second-order valence-corrected chi connectivity index (χ2v) is 8.17. The molecule has 2 atom stereocenters. The fourth-order valence-electron chi connectivity index (χ4n) is 3.59. The quantitative estimate of drug-likeness (QED) is 0.624. The van der Waals surface area contributed by atoms with Gasteiger partial charge in [-0.3, -0.25) is 9.59 Å². The minimum atomic E-state index is -0.458. The molecule has 0 fully saturated rings. The summed E-state index contributed by atoms with van der Waals surface area (Å²) in [6.07, 6.45) is 2.50. The Bertz CT molecular complexity index is 832. The first-order valence-electron chi connectivity index (χ1n) is 11.1. The van der Waals surface area contributed by atoms with Gasteiger partial charge < -0.3 is 10.2 Å². The van der Waals surface area contributed by atoms with E-state index in [2.05, 4.69) is 35.6 Å². The van der Waals surface area contributed by atoms with Crippen LogP contribution in [0.15, 0.2) is 48.5 Å². The molecule has 0 saturated heterocycles. The summed E-state index contributed by atoms with van der Waals surface area (Å²) >= 11 is 0. The number of hydrogen-bond donors (Lipinski definition) is 1. The molecule has 0 radical (unpaired) electrons. The van der Waals surface area contributed by atoms with E-state index in [4.69, 9.17) is 0 Å². The van der Waals surface area contributed by atoms with Gasteiger partial charge in [-0.2, -0.15) is 0 Å². The van der Waals surface area contributed by atoms with Crippen molar-refractivity contribution in [3.05, 3.63) is 70.8 Å². The SMILES string of the molecule is CC[C@H](C(=O)N[C@@H](C)CC)N(CCc1ccccc1)C(=O)Cc1cc(C)ccc1C. The zero-order valence-electron chi connectivity index (χ0n) is 19.1. The zero-order chi connectivity index (χ0) is 22.1. The molecule has 0 spiro atoms. The standard InChI is InChI=1S/C26H36N2O2/c1-6-21(5)27-26(30)24(7-2)28(16-15-22-11-9-8-10-12-22)25(29)18-23-17-19(3)13-14-20(23)4/h8-14,17,21,24H,6-7,15-16,18H2,1-5H3,(H,27,30)/t21-,24+/m0/s1. The Morgan fingerprint density at radius 2 is 1.70 bits per heavy atom. The largest absolute Gasteiger partial charge is 0.352 e. The van der Waals surface area contributed by atoms with Crippen molar-refractivity contribution in [3.8, 4) is 0 Å². The van der Waals surface area contributed by atoms with Crippen LogP contribution in [0.3, 0.4) is 0 Å². The van der Waals surface area contributed by atoms with Crippen molar-refractivity contribution in [1.82, 2.24) is 10.2 Å². The van der Waals surface area contributed by atoms with Gasteiger partial charge in [-0.1, -0.05) is 67.9 Å². The number of benzene rings is 2.